The summed E-state index contributed by atoms with van der Waals surface area (Å²) >= 11 is 0. The van der Waals surface area contributed by atoms with Crippen LogP contribution in [0.4, 0.5) is 9.18 Å². The third-order valence-corrected chi connectivity index (χ3v) is 4.60. The van der Waals surface area contributed by atoms with Crippen LogP contribution in [0.25, 0.3) is 0 Å². The van der Waals surface area contributed by atoms with Gasteiger partial charge >= 0.3 is 6.03 Å². The van der Waals surface area contributed by atoms with Crippen LogP contribution in [-0.2, 0) is 6.42 Å². The number of aryl methyl sites for hydroxylation is 1. The Morgan fingerprint density at radius 1 is 1.38 bits per heavy atom. The van der Waals surface area contributed by atoms with Crippen molar-refractivity contribution in [3.05, 3.63) is 35.1 Å². The van der Waals surface area contributed by atoms with Crippen molar-refractivity contribution in [2.45, 2.75) is 50.2 Å². The number of urea groups is 1. The number of carbonyl (C=O) groups excluding carboxylic acids is 1. The van der Waals surface area contributed by atoms with Crippen LogP contribution in [0.15, 0.2) is 18.2 Å². The van der Waals surface area contributed by atoms with Crippen LogP contribution in [0.3, 0.4) is 0 Å². The first-order valence-electron chi connectivity index (χ1n) is 7.61. The fraction of sp³-hybridized carbons (Fsp3) is 0.562. The number of hydrogen-bond acceptors (Lipinski definition) is 2. The summed E-state index contributed by atoms with van der Waals surface area (Å²) in [6, 6.07) is 4.30. The monoisotopic (exact) mass is 292 g/mol. The highest BCUT2D eigenvalue weighted by atomic mass is 19.1. The second-order valence-electron chi connectivity index (χ2n) is 6.19. The highest BCUT2D eigenvalue weighted by molar-refractivity contribution is 5.74. The summed E-state index contributed by atoms with van der Waals surface area (Å²) in [6.45, 7) is 0.279. The van der Waals surface area contributed by atoms with E-state index in [4.69, 9.17) is 0 Å². The van der Waals surface area contributed by atoms with Crippen molar-refractivity contribution in [2.75, 3.05) is 6.54 Å². The van der Waals surface area contributed by atoms with E-state index in [1.165, 1.54) is 12.1 Å². The maximum atomic E-state index is 13.3. The van der Waals surface area contributed by atoms with E-state index < -0.39 is 5.60 Å². The summed E-state index contributed by atoms with van der Waals surface area (Å²) in [6.07, 6.45) is 5.14. The molecule has 0 aromatic heterocycles. The van der Waals surface area contributed by atoms with E-state index in [9.17, 15) is 14.3 Å². The minimum atomic E-state index is -0.753. The Labute approximate surface area is 123 Å². The maximum absolute atomic E-state index is 13.3. The minimum Gasteiger partial charge on any atom is -0.388 e. The highest BCUT2D eigenvalue weighted by Gasteiger charge is 2.32. The molecule has 1 aromatic carbocycles. The van der Waals surface area contributed by atoms with Gasteiger partial charge < -0.3 is 15.7 Å². The van der Waals surface area contributed by atoms with Crippen molar-refractivity contribution in [2.24, 2.45) is 0 Å². The van der Waals surface area contributed by atoms with Gasteiger partial charge in [0, 0.05) is 6.54 Å². The SMILES string of the molecule is O=C(NCC1(O)CCCC1)NC1CCc2ccc(F)cc21. The van der Waals surface area contributed by atoms with Crippen molar-refractivity contribution >= 4 is 6.03 Å². The molecule has 114 valence electrons. The van der Waals surface area contributed by atoms with Gasteiger partial charge in [-0.3, -0.25) is 0 Å². The van der Waals surface area contributed by atoms with E-state index in [2.05, 4.69) is 10.6 Å². The van der Waals surface area contributed by atoms with Gasteiger partial charge in [0.1, 0.15) is 5.82 Å². The number of aliphatic hydroxyl groups is 1. The van der Waals surface area contributed by atoms with Gasteiger partial charge in [0.2, 0.25) is 0 Å². The number of carbonyl (C=O) groups is 1. The molecule has 1 saturated carbocycles. The fourth-order valence-corrected chi connectivity index (χ4v) is 3.39. The van der Waals surface area contributed by atoms with Gasteiger partial charge in [-0.15, -0.1) is 0 Å². The zero-order chi connectivity index (χ0) is 14.9. The molecule has 0 radical (unpaired) electrons. The van der Waals surface area contributed by atoms with Crippen LogP contribution in [0, 0.1) is 5.82 Å². The lowest BCUT2D eigenvalue weighted by atomic mass is 10.0. The number of rotatable bonds is 3. The van der Waals surface area contributed by atoms with E-state index in [1.807, 2.05) is 0 Å². The largest absolute Gasteiger partial charge is 0.388 e. The number of nitrogens with one attached hydrogen (secondary N) is 2. The van der Waals surface area contributed by atoms with Gasteiger partial charge in [-0.05, 0) is 48.9 Å². The summed E-state index contributed by atoms with van der Waals surface area (Å²) < 4.78 is 13.3. The summed E-state index contributed by atoms with van der Waals surface area (Å²) in [5.41, 5.74) is 1.21. The average molecular weight is 292 g/mol. The van der Waals surface area contributed by atoms with Crippen molar-refractivity contribution < 1.29 is 14.3 Å². The standard InChI is InChI=1S/C16H21FN2O2/c17-12-5-3-11-4-6-14(13(11)9-12)19-15(20)18-10-16(21)7-1-2-8-16/h3,5,9,14,21H,1-2,4,6-8,10H2,(H2,18,19,20). The predicted octanol–water partition coefficient (Wildman–Crippen LogP) is 2.42. The van der Waals surface area contributed by atoms with Gasteiger partial charge in [-0.25, -0.2) is 9.18 Å². The van der Waals surface area contributed by atoms with Gasteiger partial charge in [-0.2, -0.15) is 0 Å². The molecule has 0 heterocycles. The molecular weight excluding hydrogens is 271 g/mol. The number of halogens is 1. The van der Waals surface area contributed by atoms with E-state index >= 15 is 0 Å². The smallest absolute Gasteiger partial charge is 0.315 e. The van der Waals surface area contributed by atoms with Crippen molar-refractivity contribution in [3.63, 3.8) is 0 Å². The molecule has 2 aliphatic carbocycles. The first-order chi connectivity index (χ1) is 10.1. The number of fused-ring (bicyclic) bond motifs is 1. The first-order valence-corrected chi connectivity index (χ1v) is 7.61. The summed E-state index contributed by atoms with van der Waals surface area (Å²) in [5, 5.41) is 15.8. The van der Waals surface area contributed by atoms with Crippen molar-refractivity contribution in [3.8, 4) is 0 Å². The molecule has 3 rings (SSSR count). The lowest BCUT2D eigenvalue weighted by Crippen LogP contribution is -2.45. The maximum Gasteiger partial charge on any atom is 0.315 e. The third kappa shape index (κ3) is 3.18. The average Bonchev–Trinajstić information content (AvgIpc) is 3.05. The second-order valence-corrected chi connectivity index (χ2v) is 6.19. The minimum absolute atomic E-state index is 0.145. The first kappa shape index (κ1) is 14.3. The second kappa shape index (κ2) is 5.64. The molecule has 1 unspecified atom stereocenters. The summed E-state index contributed by atoms with van der Waals surface area (Å²) in [4.78, 5) is 12.0. The van der Waals surface area contributed by atoms with Gasteiger partial charge in [0.15, 0.2) is 0 Å². The Morgan fingerprint density at radius 3 is 2.90 bits per heavy atom. The van der Waals surface area contributed by atoms with Crippen LogP contribution in [0.5, 0.6) is 0 Å². The van der Waals surface area contributed by atoms with Crippen molar-refractivity contribution in [1.82, 2.24) is 10.6 Å². The molecule has 2 amide bonds. The molecule has 0 spiro atoms. The molecule has 0 bridgehead atoms. The number of benzene rings is 1. The molecular formula is C16H21FN2O2. The summed E-state index contributed by atoms with van der Waals surface area (Å²) in [5.74, 6) is -0.275. The van der Waals surface area contributed by atoms with E-state index in [-0.39, 0.29) is 24.4 Å². The lowest BCUT2D eigenvalue weighted by molar-refractivity contribution is 0.0500. The Bertz CT molecular complexity index is 541. The molecule has 21 heavy (non-hydrogen) atoms. The molecule has 1 aromatic rings. The fourth-order valence-electron chi connectivity index (χ4n) is 3.39. The number of hydrogen-bond donors (Lipinski definition) is 3. The van der Waals surface area contributed by atoms with Gasteiger partial charge in [0.25, 0.3) is 0 Å². The summed E-state index contributed by atoms with van der Waals surface area (Å²) in [7, 11) is 0. The molecule has 5 heteroatoms. The van der Waals surface area contributed by atoms with Crippen LogP contribution >= 0.6 is 0 Å². The molecule has 2 aliphatic rings. The molecule has 0 aliphatic heterocycles. The van der Waals surface area contributed by atoms with E-state index in [0.717, 1.165) is 49.7 Å². The Morgan fingerprint density at radius 2 is 2.14 bits per heavy atom. The topological polar surface area (TPSA) is 61.4 Å². The highest BCUT2D eigenvalue weighted by Crippen LogP contribution is 2.31. The van der Waals surface area contributed by atoms with Crippen molar-refractivity contribution in [1.29, 1.82) is 0 Å². The van der Waals surface area contributed by atoms with Crippen LogP contribution in [0.1, 0.15) is 49.3 Å². The van der Waals surface area contributed by atoms with Gasteiger partial charge in [-0.1, -0.05) is 18.9 Å². The van der Waals surface area contributed by atoms with Gasteiger partial charge in [0.05, 0.1) is 11.6 Å². The van der Waals surface area contributed by atoms with Crippen LogP contribution < -0.4 is 10.6 Å². The molecule has 3 N–H and O–H groups in total. The van der Waals surface area contributed by atoms with E-state index in [1.54, 1.807) is 6.07 Å². The molecule has 0 saturated heterocycles. The Balaban J connectivity index is 1.56. The normalized spacial score (nSPS) is 22.9. The molecule has 1 fully saturated rings. The quantitative estimate of drug-likeness (QED) is 0.801. The molecule has 1 atom stereocenters. The Hall–Kier alpha value is -1.62. The zero-order valence-electron chi connectivity index (χ0n) is 12.0. The van der Waals surface area contributed by atoms with Crippen LogP contribution in [-0.4, -0.2) is 23.3 Å². The number of amides is 2. The third-order valence-electron chi connectivity index (χ3n) is 4.60. The zero-order valence-corrected chi connectivity index (χ0v) is 12.0. The van der Waals surface area contributed by atoms with Crippen LogP contribution in [0.2, 0.25) is 0 Å². The lowest BCUT2D eigenvalue weighted by Gasteiger charge is -2.23. The molecule has 4 nitrogen and oxygen atoms in total. The Kier molecular flexibility index (Phi) is 3.85. The van der Waals surface area contributed by atoms with E-state index in [0.29, 0.717) is 0 Å². The predicted molar refractivity (Wildman–Crippen MR) is 77.4 cm³/mol.